The van der Waals surface area contributed by atoms with Crippen LogP contribution in [0.1, 0.15) is 0 Å². The minimum Gasteiger partial charge on any atom is -0.370 e. The number of urea groups is 1. The summed E-state index contributed by atoms with van der Waals surface area (Å²) in [7, 11) is 0. The zero-order valence-corrected chi connectivity index (χ0v) is 9.87. The summed E-state index contributed by atoms with van der Waals surface area (Å²) in [5.74, 6) is 0. The summed E-state index contributed by atoms with van der Waals surface area (Å²) in [6.45, 7) is 1.59. The van der Waals surface area contributed by atoms with Crippen molar-refractivity contribution in [3.8, 4) is 0 Å². The first-order valence-electron chi connectivity index (χ1n) is 5.88. The molecule has 18 heavy (non-hydrogen) atoms. The first-order chi connectivity index (χ1) is 8.47. The molecule has 1 N–H and O–H groups in total. The summed E-state index contributed by atoms with van der Waals surface area (Å²) in [5.41, 5.74) is 0. The first kappa shape index (κ1) is 13.4. The molecule has 2 fully saturated rings. The predicted octanol–water partition coefficient (Wildman–Crippen LogP) is 0.275. The van der Waals surface area contributed by atoms with Gasteiger partial charge in [-0.05, 0) is 0 Å². The number of carbonyl (C=O) groups excluding carboxylic acids is 1. The van der Waals surface area contributed by atoms with Gasteiger partial charge in [0.2, 0.25) is 0 Å². The van der Waals surface area contributed by atoms with E-state index in [9.17, 15) is 18.0 Å². The summed E-state index contributed by atoms with van der Waals surface area (Å²) >= 11 is 0. The average molecular weight is 267 g/mol. The Hall–Kier alpha value is -1.02. The van der Waals surface area contributed by atoms with Gasteiger partial charge in [-0.15, -0.1) is 0 Å². The number of hydrogen-bond donors (Lipinski definition) is 1. The number of hydrogen-bond acceptors (Lipinski definition) is 3. The van der Waals surface area contributed by atoms with Crippen LogP contribution in [-0.4, -0.2) is 74.0 Å². The van der Waals surface area contributed by atoms with Gasteiger partial charge in [0.05, 0.1) is 12.6 Å². The Bertz CT molecular complexity index is 311. The van der Waals surface area contributed by atoms with E-state index < -0.39 is 12.8 Å². The molecule has 1 unspecified atom stereocenters. The summed E-state index contributed by atoms with van der Waals surface area (Å²) in [4.78, 5) is 15.2. The number of carbonyl (C=O) groups is 1. The van der Waals surface area contributed by atoms with Gasteiger partial charge in [0.15, 0.2) is 0 Å². The van der Waals surface area contributed by atoms with Gasteiger partial charge in [-0.3, -0.25) is 0 Å². The Morgan fingerprint density at radius 3 is 2.89 bits per heavy atom. The minimum atomic E-state index is -4.31. The van der Waals surface area contributed by atoms with E-state index in [1.807, 2.05) is 0 Å². The molecule has 0 radical (unpaired) electrons. The number of nitrogens with one attached hydrogen (secondary N) is 1. The minimum absolute atomic E-state index is 0.0841. The number of rotatable bonds is 4. The number of fused-ring (bicyclic) bond motifs is 1. The first-order valence-corrected chi connectivity index (χ1v) is 5.88. The quantitative estimate of drug-likeness (QED) is 0.744. The monoisotopic (exact) mass is 267 g/mol. The van der Waals surface area contributed by atoms with Crippen LogP contribution in [0.15, 0.2) is 0 Å². The van der Waals surface area contributed by atoms with Crippen molar-refractivity contribution in [2.45, 2.75) is 12.2 Å². The molecule has 2 rings (SSSR count). The van der Waals surface area contributed by atoms with Crippen molar-refractivity contribution in [1.29, 1.82) is 0 Å². The number of alkyl halides is 3. The molecule has 2 aliphatic heterocycles. The van der Waals surface area contributed by atoms with E-state index in [0.29, 0.717) is 13.1 Å². The van der Waals surface area contributed by atoms with E-state index in [0.717, 1.165) is 13.1 Å². The molecule has 0 aromatic heterocycles. The number of halogens is 3. The zero-order chi connectivity index (χ0) is 13.2. The second-order valence-corrected chi connectivity index (χ2v) is 4.45. The van der Waals surface area contributed by atoms with E-state index in [4.69, 9.17) is 0 Å². The van der Waals surface area contributed by atoms with Crippen molar-refractivity contribution in [3.63, 3.8) is 0 Å². The van der Waals surface area contributed by atoms with Gasteiger partial charge in [0.1, 0.15) is 6.61 Å². The Morgan fingerprint density at radius 2 is 2.22 bits per heavy atom. The molecular weight excluding hydrogens is 251 g/mol. The standard InChI is InChI=1S/C10H16F3N3O2/c11-10(12,13)7-18-4-3-15-6-8-5-14-1-2-16(8)9(15)17/h8,14H,1-7H2. The topological polar surface area (TPSA) is 44.8 Å². The van der Waals surface area contributed by atoms with Crippen LogP contribution in [0.25, 0.3) is 0 Å². The Labute approximate surface area is 103 Å². The van der Waals surface area contributed by atoms with E-state index in [1.54, 1.807) is 9.80 Å². The molecule has 0 bridgehead atoms. The highest BCUT2D eigenvalue weighted by atomic mass is 19.4. The lowest BCUT2D eigenvalue weighted by Gasteiger charge is -2.28. The second-order valence-electron chi connectivity index (χ2n) is 4.45. The van der Waals surface area contributed by atoms with Gasteiger partial charge >= 0.3 is 12.2 Å². The van der Waals surface area contributed by atoms with Gasteiger partial charge in [0, 0.05) is 32.7 Å². The molecule has 0 spiro atoms. The number of piperazine rings is 1. The maximum absolute atomic E-state index is 11.9. The summed E-state index contributed by atoms with van der Waals surface area (Å²) in [5, 5.41) is 3.18. The fraction of sp³-hybridized carbons (Fsp3) is 0.900. The average Bonchev–Trinajstić information content (AvgIpc) is 2.62. The number of ether oxygens (including phenoxy) is 1. The van der Waals surface area contributed by atoms with Gasteiger partial charge < -0.3 is 19.9 Å². The molecule has 2 amide bonds. The van der Waals surface area contributed by atoms with Gasteiger partial charge in [-0.2, -0.15) is 13.2 Å². The Kier molecular flexibility index (Phi) is 3.96. The van der Waals surface area contributed by atoms with Gasteiger partial charge in [0.25, 0.3) is 0 Å². The lowest BCUT2D eigenvalue weighted by atomic mass is 10.2. The molecule has 104 valence electrons. The smallest absolute Gasteiger partial charge is 0.370 e. The van der Waals surface area contributed by atoms with E-state index in [-0.39, 0.29) is 25.2 Å². The second kappa shape index (κ2) is 5.31. The van der Waals surface area contributed by atoms with Crippen LogP contribution in [0.2, 0.25) is 0 Å². The molecule has 0 aromatic rings. The fourth-order valence-electron chi connectivity index (χ4n) is 2.24. The summed E-state index contributed by atoms with van der Waals surface area (Å²) < 4.78 is 40.1. The Balaban J connectivity index is 1.72. The summed E-state index contributed by atoms with van der Waals surface area (Å²) in [6.07, 6.45) is -4.31. The van der Waals surface area contributed by atoms with E-state index in [2.05, 4.69) is 10.1 Å². The largest absolute Gasteiger partial charge is 0.411 e. The van der Waals surface area contributed by atoms with Crippen LogP contribution in [0, 0.1) is 0 Å². The van der Waals surface area contributed by atoms with E-state index >= 15 is 0 Å². The van der Waals surface area contributed by atoms with Crippen molar-refractivity contribution in [3.05, 3.63) is 0 Å². The third-order valence-corrected chi connectivity index (χ3v) is 3.07. The third kappa shape index (κ3) is 3.26. The van der Waals surface area contributed by atoms with E-state index in [1.165, 1.54) is 0 Å². The highest BCUT2D eigenvalue weighted by Gasteiger charge is 2.38. The molecule has 2 heterocycles. The van der Waals surface area contributed by atoms with Crippen molar-refractivity contribution < 1.29 is 22.7 Å². The van der Waals surface area contributed by atoms with Gasteiger partial charge in [-0.1, -0.05) is 0 Å². The molecule has 0 saturated carbocycles. The van der Waals surface area contributed by atoms with Gasteiger partial charge in [-0.25, -0.2) is 4.79 Å². The Morgan fingerprint density at radius 1 is 1.44 bits per heavy atom. The molecule has 2 aliphatic rings. The summed E-state index contributed by atoms with van der Waals surface area (Å²) in [6, 6.07) is 0.0333. The van der Waals surface area contributed by atoms with Crippen molar-refractivity contribution in [2.75, 3.05) is 45.9 Å². The van der Waals surface area contributed by atoms with Crippen LogP contribution in [0.5, 0.6) is 0 Å². The van der Waals surface area contributed by atoms with Crippen LogP contribution in [-0.2, 0) is 4.74 Å². The lowest BCUT2D eigenvalue weighted by molar-refractivity contribution is -0.174. The van der Waals surface area contributed by atoms with Crippen LogP contribution in [0.3, 0.4) is 0 Å². The maximum Gasteiger partial charge on any atom is 0.411 e. The fourth-order valence-corrected chi connectivity index (χ4v) is 2.24. The van der Waals surface area contributed by atoms with Crippen molar-refractivity contribution in [1.82, 2.24) is 15.1 Å². The maximum atomic E-state index is 11.9. The zero-order valence-electron chi connectivity index (χ0n) is 9.87. The molecule has 8 heteroatoms. The molecular formula is C10H16F3N3O2. The number of nitrogens with zero attached hydrogens (tertiary/aromatic N) is 2. The molecule has 0 aromatic carbocycles. The normalized spacial score (nSPS) is 24.6. The molecule has 5 nitrogen and oxygen atoms in total. The highest BCUT2D eigenvalue weighted by Crippen LogP contribution is 2.17. The number of amides is 2. The molecule has 2 saturated heterocycles. The van der Waals surface area contributed by atoms with Crippen LogP contribution >= 0.6 is 0 Å². The highest BCUT2D eigenvalue weighted by molar-refractivity contribution is 5.77. The predicted molar refractivity (Wildman–Crippen MR) is 57.2 cm³/mol. The third-order valence-electron chi connectivity index (χ3n) is 3.07. The van der Waals surface area contributed by atoms with Crippen LogP contribution in [0.4, 0.5) is 18.0 Å². The lowest BCUT2D eigenvalue weighted by Crippen LogP contribution is -2.49. The molecule has 1 atom stereocenters. The molecule has 0 aliphatic carbocycles. The van der Waals surface area contributed by atoms with Crippen LogP contribution < -0.4 is 5.32 Å². The SMILES string of the molecule is O=C1N(CCOCC(F)(F)F)CC2CNCCN12. The van der Waals surface area contributed by atoms with Crippen molar-refractivity contribution >= 4 is 6.03 Å². The van der Waals surface area contributed by atoms with Crippen molar-refractivity contribution in [2.24, 2.45) is 0 Å².